The van der Waals surface area contributed by atoms with E-state index in [4.69, 9.17) is 0 Å². The number of hydrogen-bond acceptors (Lipinski definition) is 2. The molecule has 0 aromatic carbocycles. The van der Waals surface area contributed by atoms with Crippen LogP contribution in [0.3, 0.4) is 0 Å². The molecule has 1 atom stereocenters. The van der Waals surface area contributed by atoms with Gasteiger partial charge in [-0.1, -0.05) is 52.4 Å². The maximum absolute atomic E-state index is 3.79. The van der Waals surface area contributed by atoms with Crippen molar-refractivity contribution in [3.8, 4) is 0 Å². The van der Waals surface area contributed by atoms with Gasteiger partial charge in [-0.3, -0.25) is 0 Å². The highest BCUT2D eigenvalue weighted by molar-refractivity contribution is 7.12. The van der Waals surface area contributed by atoms with E-state index in [-0.39, 0.29) is 0 Å². The molecule has 0 saturated carbocycles. The largest absolute Gasteiger partial charge is 0.309 e. The number of aryl methyl sites for hydroxylation is 2. The lowest BCUT2D eigenvalue weighted by atomic mass is 10.0. The first-order chi connectivity index (χ1) is 10.3. The van der Waals surface area contributed by atoms with Crippen LogP contribution in [-0.2, 0) is 12.8 Å². The van der Waals surface area contributed by atoms with Crippen molar-refractivity contribution >= 4 is 11.3 Å². The van der Waals surface area contributed by atoms with Crippen LogP contribution >= 0.6 is 11.3 Å². The fraction of sp³-hybridized carbons (Fsp3) is 0.789. The molecule has 1 aromatic rings. The first-order valence-corrected chi connectivity index (χ1v) is 10.0. The van der Waals surface area contributed by atoms with Crippen molar-refractivity contribution in [3.63, 3.8) is 0 Å². The van der Waals surface area contributed by atoms with Crippen LogP contribution < -0.4 is 5.32 Å². The average Bonchev–Trinajstić information content (AvgIpc) is 3.07. The van der Waals surface area contributed by atoms with Crippen LogP contribution in [0.15, 0.2) is 6.07 Å². The first kappa shape index (κ1) is 17.0. The second kappa shape index (κ2) is 9.63. The number of hydrogen-bond donors (Lipinski definition) is 1. The fourth-order valence-electron chi connectivity index (χ4n) is 3.32. The Hall–Kier alpha value is -0.340. The molecule has 1 N–H and O–H groups in total. The second-order valence-corrected chi connectivity index (χ2v) is 7.68. The van der Waals surface area contributed by atoms with Crippen molar-refractivity contribution in [1.29, 1.82) is 0 Å². The quantitative estimate of drug-likeness (QED) is 0.492. The third-order valence-corrected chi connectivity index (χ3v) is 5.95. The van der Waals surface area contributed by atoms with Crippen LogP contribution in [0, 0.1) is 0 Å². The summed E-state index contributed by atoms with van der Waals surface area (Å²) in [6, 6.07) is 3.13. The van der Waals surface area contributed by atoms with Crippen LogP contribution in [0.25, 0.3) is 0 Å². The standard InChI is InChI=1S/C19H33NS/c1-3-5-6-7-8-9-12-17(20-14-4-2)19-15-16-11-10-13-18(16)21-19/h15,17,20H,3-14H2,1-2H3. The van der Waals surface area contributed by atoms with Crippen molar-refractivity contribution in [2.24, 2.45) is 0 Å². The van der Waals surface area contributed by atoms with Crippen LogP contribution in [0.5, 0.6) is 0 Å². The summed E-state index contributed by atoms with van der Waals surface area (Å²) in [7, 11) is 0. The van der Waals surface area contributed by atoms with Gasteiger partial charge in [0.2, 0.25) is 0 Å². The molecule has 21 heavy (non-hydrogen) atoms. The number of thiophene rings is 1. The molecule has 0 spiro atoms. The molecule has 1 nitrogen and oxygen atoms in total. The van der Waals surface area contributed by atoms with E-state index in [1.165, 1.54) is 70.6 Å². The van der Waals surface area contributed by atoms with Gasteiger partial charge in [-0.05, 0) is 50.3 Å². The summed E-state index contributed by atoms with van der Waals surface area (Å²) in [5, 5.41) is 3.79. The monoisotopic (exact) mass is 307 g/mol. The predicted molar refractivity (Wildman–Crippen MR) is 95.4 cm³/mol. The zero-order chi connectivity index (χ0) is 14.9. The minimum Gasteiger partial charge on any atom is -0.309 e. The summed E-state index contributed by atoms with van der Waals surface area (Å²) in [6.07, 6.45) is 15.0. The van der Waals surface area contributed by atoms with E-state index in [0.29, 0.717) is 6.04 Å². The molecule has 0 saturated heterocycles. The molecular formula is C19H33NS. The zero-order valence-corrected chi connectivity index (χ0v) is 14.9. The van der Waals surface area contributed by atoms with Crippen LogP contribution in [0.1, 0.15) is 93.0 Å². The Bertz CT molecular complexity index is 375. The topological polar surface area (TPSA) is 12.0 Å². The summed E-state index contributed by atoms with van der Waals surface area (Å²) in [4.78, 5) is 3.29. The second-order valence-electron chi connectivity index (χ2n) is 6.51. The third-order valence-electron chi connectivity index (χ3n) is 4.60. The summed E-state index contributed by atoms with van der Waals surface area (Å²) < 4.78 is 0. The van der Waals surface area contributed by atoms with Crippen LogP contribution in [0.2, 0.25) is 0 Å². The molecule has 2 rings (SSSR count). The maximum atomic E-state index is 3.79. The average molecular weight is 308 g/mol. The highest BCUT2D eigenvalue weighted by atomic mass is 32.1. The van der Waals surface area contributed by atoms with Gasteiger partial charge in [-0.2, -0.15) is 0 Å². The van der Waals surface area contributed by atoms with E-state index in [0.717, 1.165) is 6.54 Å². The predicted octanol–water partition coefficient (Wildman–Crippen LogP) is 6.03. The summed E-state index contributed by atoms with van der Waals surface area (Å²) in [5.74, 6) is 0. The Morgan fingerprint density at radius 1 is 1.05 bits per heavy atom. The number of nitrogens with one attached hydrogen (secondary N) is 1. The molecule has 0 radical (unpaired) electrons. The van der Waals surface area contributed by atoms with Gasteiger partial charge >= 0.3 is 0 Å². The third kappa shape index (κ3) is 5.41. The highest BCUT2D eigenvalue weighted by Gasteiger charge is 2.19. The van der Waals surface area contributed by atoms with E-state index < -0.39 is 0 Å². The molecule has 0 amide bonds. The fourth-order valence-corrected chi connectivity index (χ4v) is 4.68. The number of rotatable bonds is 11. The summed E-state index contributed by atoms with van der Waals surface area (Å²) >= 11 is 2.09. The number of fused-ring (bicyclic) bond motifs is 1. The maximum Gasteiger partial charge on any atom is 0.0414 e. The van der Waals surface area contributed by atoms with Gasteiger partial charge in [0.05, 0.1) is 0 Å². The lowest BCUT2D eigenvalue weighted by Crippen LogP contribution is -2.21. The molecule has 0 bridgehead atoms. The molecular weight excluding hydrogens is 274 g/mol. The minimum atomic E-state index is 0.617. The molecule has 120 valence electrons. The molecule has 2 heteroatoms. The molecule has 1 unspecified atom stereocenters. The van der Waals surface area contributed by atoms with Crippen molar-refractivity contribution in [1.82, 2.24) is 5.32 Å². The molecule has 1 aromatic heterocycles. The smallest absolute Gasteiger partial charge is 0.0414 e. The van der Waals surface area contributed by atoms with Crippen molar-refractivity contribution in [3.05, 3.63) is 21.4 Å². The molecule has 1 heterocycles. The van der Waals surface area contributed by atoms with Crippen LogP contribution in [-0.4, -0.2) is 6.54 Å². The van der Waals surface area contributed by atoms with E-state index >= 15 is 0 Å². The van der Waals surface area contributed by atoms with Gasteiger partial charge in [0, 0.05) is 15.8 Å². The van der Waals surface area contributed by atoms with Gasteiger partial charge in [0.1, 0.15) is 0 Å². The van der Waals surface area contributed by atoms with Gasteiger partial charge in [0.15, 0.2) is 0 Å². The number of unbranched alkanes of at least 4 members (excludes halogenated alkanes) is 5. The van der Waals surface area contributed by atoms with E-state index in [9.17, 15) is 0 Å². The highest BCUT2D eigenvalue weighted by Crippen LogP contribution is 2.35. The molecule has 1 aliphatic carbocycles. The lowest BCUT2D eigenvalue weighted by molar-refractivity contribution is 0.471. The van der Waals surface area contributed by atoms with Crippen molar-refractivity contribution in [2.75, 3.05) is 6.54 Å². The van der Waals surface area contributed by atoms with Crippen molar-refractivity contribution in [2.45, 2.75) is 90.5 Å². The zero-order valence-electron chi connectivity index (χ0n) is 14.0. The normalized spacial score (nSPS) is 15.3. The van der Waals surface area contributed by atoms with E-state index in [1.54, 1.807) is 15.3 Å². The van der Waals surface area contributed by atoms with E-state index in [2.05, 4.69) is 36.6 Å². The molecule has 1 aliphatic rings. The SMILES string of the molecule is CCCCCCCCC(NCCC)c1cc2c(s1)CCC2. The summed E-state index contributed by atoms with van der Waals surface area (Å²) in [6.45, 7) is 5.72. The van der Waals surface area contributed by atoms with Gasteiger partial charge in [-0.25, -0.2) is 0 Å². The van der Waals surface area contributed by atoms with E-state index in [1.807, 2.05) is 0 Å². The van der Waals surface area contributed by atoms with Gasteiger partial charge in [-0.15, -0.1) is 11.3 Å². The molecule has 0 fully saturated rings. The van der Waals surface area contributed by atoms with Crippen LogP contribution in [0.4, 0.5) is 0 Å². The van der Waals surface area contributed by atoms with Crippen molar-refractivity contribution < 1.29 is 0 Å². The lowest BCUT2D eigenvalue weighted by Gasteiger charge is -2.17. The Kier molecular flexibility index (Phi) is 7.81. The minimum absolute atomic E-state index is 0.617. The van der Waals surface area contributed by atoms with Gasteiger partial charge < -0.3 is 5.32 Å². The first-order valence-electron chi connectivity index (χ1n) is 9.20. The Morgan fingerprint density at radius 2 is 1.86 bits per heavy atom. The Morgan fingerprint density at radius 3 is 2.62 bits per heavy atom. The van der Waals surface area contributed by atoms with Gasteiger partial charge in [0.25, 0.3) is 0 Å². The Balaban J connectivity index is 1.79. The summed E-state index contributed by atoms with van der Waals surface area (Å²) in [5.41, 5.74) is 1.65. The molecule has 0 aliphatic heterocycles. The Labute approximate surface area is 135 Å².